The van der Waals surface area contributed by atoms with Crippen molar-refractivity contribution in [2.24, 2.45) is 5.92 Å². The van der Waals surface area contributed by atoms with E-state index in [1.165, 1.54) is 0 Å². The topological polar surface area (TPSA) is 52.6 Å². The summed E-state index contributed by atoms with van der Waals surface area (Å²) in [6.07, 6.45) is 4.03. The Kier molecular flexibility index (Phi) is 6.05. The number of carbonyl (C=O) groups excluding carboxylic acids is 1. The lowest BCUT2D eigenvalue weighted by Gasteiger charge is -2.31. The molecule has 0 radical (unpaired) electrons. The number of piperidine rings is 1. The SMILES string of the molecule is CCCCNc1ccccc1C(=O)N1CCC(CO)CC1. The molecule has 0 aromatic heterocycles. The molecule has 0 bridgehead atoms. The second-order valence-corrected chi connectivity index (χ2v) is 5.74. The molecule has 4 heteroatoms. The van der Waals surface area contributed by atoms with Gasteiger partial charge >= 0.3 is 0 Å². The van der Waals surface area contributed by atoms with Gasteiger partial charge in [-0.05, 0) is 37.3 Å². The summed E-state index contributed by atoms with van der Waals surface area (Å²) in [5.41, 5.74) is 1.69. The van der Waals surface area contributed by atoms with Crippen LogP contribution >= 0.6 is 0 Å². The molecule has 0 atom stereocenters. The highest BCUT2D eigenvalue weighted by molar-refractivity contribution is 5.99. The quantitative estimate of drug-likeness (QED) is 0.792. The van der Waals surface area contributed by atoms with Gasteiger partial charge in [0.1, 0.15) is 0 Å². The maximum Gasteiger partial charge on any atom is 0.255 e. The van der Waals surface area contributed by atoms with E-state index in [9.17, 15) is 9.90 Å². The van der Waals surface area contributed by atoms with E-state index in [1.54, 1.807) is 0 Å². The lowest BCUT2D eigenvalue weighted by Crippen LogP contribution is -2.39. The van der Waals surface area contributed by atoms with Crippen molar-refractivity contribution in [1.29, 1.82) is 0 Å². The van der Waals surface area contributed by atoms with Crippen molar-refractivity contribution in [3.8, 4) is 0 Å². The van der Waals surface area contributed by atoms with Crippen molar-refractivity contribution in [2.45, 2.75) is 32.6 Å². The van der Waals surface area contributed by atoms with Crippen LogP contribution in [0.15, 0.2) is 24.3 Å². The number of nitrogens with one attached hydrogen (secondary N) is 1. The van der Waals surface area contributed by atoms with Crippen molar-refractivity contribution < 1.29 is 9.90 Å². The van der Waals surface area contributed by atoms with Crippen LogP contribution in [0.2, 0.25) is 0 Å². The van der Waals surface area contributed by atoms with Crippen molar-refractivity contribution in [1.82, 2.24) is 4.90 Å². The van der Waals surface area contributed by atoms with Gasteiger partial charge in [-0.3, -0.25) is 4.79 Å². The van der Waals surface area contributed by atoms with Gasteiger partial charge in [0.05, 0.1) is 5.56 Å². The van der Waals surface area contributed by atoms with Crippen molar-refractivity contribution in [3.05, 3.63) is 29.8 Å². The first-order valence-corrected chi connectivity index (χ1v) is 7.99. The Hall–Kier alpha value is -1.55. The van der Waals surface area contributed by atoms with Crippen molar-refractivity contribution in [3.63, 3.8) is 0 Å². The van der Waals surface area contributed by atoms with Gasteiger partial charge in [-0.1, -0.05) is 25.5 Å². The summed E-state index contributed by atoms with van der Waals surface area (Å²) in [7, 11) is 0. The number of rotatable bonds is 6. The number of benzene rings is 1. The predicted molar refractivity (Wildman–Crippen MR) is 85.6 cm³/mol. The molecule has 1 aliphatic heterocycles. The fraction of sp³-hybridized carbons (Fsp3) is 0.588. The lowest BCUT2D eigenvalue weighted by molar-refractivity contribution is 0.0652. The molecule has 1 aromatic carbocycles. The maximum atomic E-state index is 12.7. The number of hydrogen-bond acceptors (Lipinski definition) is 3. The number of aliphatic hydroxyl groups excluding tert-OH is 1. The average molecular weight is 290 g/mol. The van der Waals surface area contributed by atoms with Crippen LogP contribution in [-0.4, -0.2) is 42.2 Å². The monoisotopic (exact) mass is 290 g/mol. The zero-order valence-corrected chi connectivity index (χ0v) is 12.8. The smallest absolute Gasteiger partial charge is 0.255 e. The van der Waals surface area contributed by atoms with E-state index in [0.29, 0.717) is 5.92 Å². The Morgan fingerprint density at radius 3 is 2.71 bits per heavy atom. The molecular formula is C17H26N2O2. The Morgan fingerprint density at radius 2 is 2.05 bits per heavy atom. The number of unbranched alkanes of at least 4 members (excludes halogenated alkanes) is 1. The summed E-state index contributed by atoms with van der Waals surface area (Å²) >= 11 is 0. The normalized spacial score (nSPS) is 16.0. The number of amides is 1. The molecule has 116 valence electrons. The van der Waals surface area contributed by atoms with E-state index in [0.717, 1.165) is 56.6 Å². The Balaban J connectivity index is 2.01. The van der Waals surface area contributed by atoms with Crippen LogP contribution in [0.25, 0.3) is 0 Å². The third kappa shape index (κ3) is 4.21. The predicted octanol–water partition coefficient (Wildman–Crippen LogP) is 2.74. The number of likely N-dealkylation sites (tertiary alicyclic amines) is 1. The van der Waals surface area contributed by atoms with Crippen molar-refractivity contribution >= 4 is 11.6 Å². The first-order chi connectivity index (χ1) is 10.3. The molecule has 1 aliphatic rings. The fourth-order valence-corrected chi connectivity index (χ4v) is 2.71. The maximum absolute atomic E-state index is 12.7. The minimum atomic E-state index is 0.103. The molecule has 0 aliphatic carbocycles. The van der Waals surface area contributed by atoms with Crippen LogP contribution in [0.1, 0.15) is 43.0 Å². The highest BCUT2D eigenvalue weighted by Gasteiger charge is 2.24. The van der Waals surface area contributed by atoms with E-state index in [-0.39, 0.29) is 12.5 Å². The summed E-state index contributed by atoms with van der Waals surface area (Å²) in [6.45, 7) is 4.77. The minimum absolute atomic E-state index is 0.103. The van der Waals surface area contributed by atoms with E-state index >= 15 is 0 Å². The van der Waals surface area contributed by atoms with Gasteiger partial charge in [0.15, 0.2) is 0 Å². The number of hydrogen-bond donors (Lipinski definition) is 2. The third-order valence-electron chi connectivity index (χ3n) is 4.16. The highest BCUT2D eigenvalue weighted by atomic mass is 16.3. The van der Waals surface area contributed by atoms with Crippen LogP contribution in [0.4, 0.5) is 5.69 Å². The third-order valence-corrected chi connectivity index (χ3v) is 4.16. The Bertz CT molecular complexity index is 454. The first-order valence-electron chi connectivity index (χ1n) is 7.99. The minimum Gasteiger partial charge on any atom is -0.396 e. The molecule has 1 saturated heterocycles. The van der Waals surface area contributed by atoms with Gasteiger partial charge in [0.2, 0.25) is 0 Å². The van der Waals surface area contributed by atoms with Crippen LogP contribution in [0, 0.1) is 5.92 Å². The molecule has 2 rings (SSSR count). The average Bonchev–Trinajstić information content (AvgIpc) is 2.55. The number of anilines is 1. The van der Waals surface area contributed by atoms with Gasteiger partial charge in [0, 0.05) is 31.9 Å². The molecule has 4 nitrogen and oxygen atoms in total. The van der Waals surface area contributed by atoms with E-state index < -0.39 is 0 Å². The highest BCUT2D eigenvalue weighted by Crippen LogP contribution is 2.22. The molecule has 1 fully saturated rings. The summed E-state index contributed by atoms with van der Waals surface area (Å²) < 4.78 is 0. The van der Waals surface area contributed by atoms with Crippen LogP contribution in [0.5, 0.6) is 0 Å². The second kappa shape index (κ2) is 8.03. The van der Waals surface area contributed by atoms with Gasteiger partial charge in [0.25, 0.3) is 5.91 Å². The molecule has 21 heavy (non-hydrogen) atoms. The largest absolute Gasteiger partial charge is 0.396 e. The molecule has 0 saturated carbocycles. The molecule has 1 amide bonds. The standard InChI is InChI=1S/C17H26N2O2/c1-2-3-10-18-16-7-5-4-6-15(16)17(21)19-11-8-14(13-20)9-12-19/h4-7,14,18,20H,2-3,8-13H2,1H3. The zero-order chi connectivity index (χ0) is 15.1. The summed E-state index contributed by atoms with van der Waals surface area (Å²) in [6, 6.07) is 7.75. The molecule has 1 aromatic rings. The number of para-hydroxylation sites is 1. The molecular weight excluding hydrogens is 264 g/mol. The van der Waals surface area contributed by atoms with Crippen molar-refractivity contribution in [2.75, 3.05) is 31.6 Å². The van der Waals surface area contributed by atoms with Gasteiger partial charge < -0.3 is 15.3 Å². The van der Waals surface area contributed by atoms with Crippen LogP contribution in [0.3, 0.4) is 0 Å². The van der Waals surface area contributed by atoms with Crippen LogP contribution < -0.4 is 5.32 Å². The summed E-state index contributed by atoms with van der Waals surface area (Å²) in [5.74, 6) is 0.456. The Morgan fingerprint density at radius 1 is 1.33 bits per heavy atom. The Labute approximate surface area is 127 Å². The van der Waals surface area contributed by atoms with E-state index in [2.05, 4.69) is 12.2 Å². The van der Waals surface area contributed by atoms with E-state index in [4.69, 9.17) is 0 Å². The number of nitrogens with zero attached hydrogens (tertiary/aromatic N) is 1. The fourth-order valence-electron chi connectivity index (χ4n) is 2.71. The van der Waals surface area contributed by atoms with E-state index in [1.807, 2.05) is 29.2 Å². The van der Waals surface area contributed by atoms with Gasteiger partial charge in [-0.2, -0.15) is 0 Å². The second-order valence-electron chi connectivity index (χ2n) is 5.74. The number of aliphatic hydroxyl groups is 1. The summed E-state index contributed by atoms with van der Waals surface area (Å²) in [4.78, 5) is 14.6. The number of carbonyl (C=O) groups is 1. The van der Waals surface area contributed by atoms with Gasteiger partial charge in [-0.15, -0.1) is 0 Å². The van der Waals surface area contributed by atoms with Gasteiger partial charge in [-0.25, -0.2) is 0 Å². The molecule has 0 spiro atoms. The molecule has 2 N–H and O–H groups in total. The zero-order valence-electron chi connectivity index (χ0n) is 12.8. The molecule has 0 unspecified atom stereocenters. The van der Waals surface area contributed by atoms with Crippen LogP contribution in [-0.2, 0) is 0 Å². The summed E-state index contributed by atoms with van der Waals surface area (Å²) in [5, 5.41) is 12.6. The first kappa shape index (κ1) is 15.8. The molecule has 1 heterocycles. The lowest BCUT2D eigenvalue weighted by atomic mass is 9.97.